The molecule has 2 nitrogen and oxygen atoms in total. The van der Waals surface area contributed by atoms with Gasteiger partial charge in [0.15, 0.2) is 0 Å². The molecule has 0 amide bonds. The predicted octanol–water partition coefficient (Wildman–Crippen LogP) is 3.29. The minimum Gasteiger partial charge on any atom is -0.378 e. The van der Waals surface area contributed by atoms with E-state index in [1.54, 1.807) is 0 Å². The molecule has 0 spiro atoms. The third-order valence-corrected chi connectivity index (χ3v) is 4.03. The lowest BCUT2D eigenvalue weighted by Gasteiger charge is -2.17. The number of halogens is 2. The van der Waals surface area contributed by atoms with Gasteiger partial charge in [0.2, 0.25) is 0 Å². The van der Waals surface area contributed by atoms with Gasteiger partial charge in [-0.3, -0.25) is 0 Å². The van der Waals surface area contributed by atoms with Gasteiger partial charge in [-0.25, -0.2) is 0 Å². The molecule has 1 heterocycles. The van der Waals surface area contributed by atoms with Crippen molar-refractivity contribution in [3.8, 4) is 0 Å². The standard InChI is InChI=1S/C13H17Cl2NO/c1-8-4-10(7-17-8)13(16)6-9-2-3-11(14)12(15)5-9/h2-3,5,8,10,13H,4,6-7,16H2,1H3. The Balaban J connectivity index is 1.98. The second kappa shape index (κ2) is 5.57. The van der Waals surface area contributed by atoms with E-state index in [0.717, 1.165) is 25.0 Å². The first-order valence-electron chi connectivity index (χ1n) is 5.87. The van der Waals surface area contributed by atoms with Gasteiger partial charge in [-0.05, 0) is 37.5 Å². The molecule has 94 valence electrons. The Kier molecular flexibility index (Phi) is 4.31. The van der Waals surface area contributed by atoms with Crippen molar-refractivity contribution in [2.45, 2.75) is 31.9 Å². The van der Waals surface area contributed by atoms with Gasteiger partial charge >= 0.3 is 0 Å². The SMILES string of the molecule is CC1CC(C(N)Cc2ccc(Cl)c(Cl)c2)CO1. The van der Waals surface area contributed by atoms with Crippen LogP contribution in [0.4, 0.5) is 0 Å². The molecule has 2 rings (SSSR count). The molecular formula is C13H17Cl2NO. The fourth-order valence-electron chi connectivity index (χ4n) is 2.25. The van der Waals surface area contributed by atoms with Gasteiger partial charge in [0.25, 0.3) is 0 Å². The van der Waals surface area contributed by atoms with E-state index in [9.17, 15) is 0 Å². The zero-order valence-corrected chi connectivity index (χ0v) is 11.3. The number of nitrogens with two attached hydrogens (primary N) is 1. The van der Waals surface area contributed by atoms with Crippen molar-refractivity contribution < 1.29 is 4.74 Å². The van der Waals surface area contributed by atoms with E-state index in [4.69, 9.17) is 33.7 Å². The van der Waals surface area contributed by atoms with Gasteiger partial charge in [-0.1, -0.05) is 29.3 Å². The van der Waals surface area contributed by atoms with Crippen LogP contribution in [0.3, 0.4) is 0 Å². The second-order valence-electron chi connectivity index (χ2n) is 4.76. The quantitative estimate of drug-likeness (QED) is 0.918. The lowest BCUT2D eigenvalue weighted by atomic mass is 9.92. The molecule has 2 N–H and O–H groups in total. The summed E-state index contributed by atoms with van der Waals surface area (Å²) in [5, 5.41) is 1.18. The van der Waals surface area contributed by atoms with Gasteiger partial charge in [0, 0.05) is 12.0 Å². The molecule has 1 fully saturated rings. The normalized spacial score (nSPS) is 26.1. The van der Waals surface area contributed by atoms with E-state index in [1.807, 2.05) is 18.2 Å². The molecule has 1 aliphatic rings. The number of hydrogen-bond donors (Lipinski definition) is 1. The summed E-state index contributed by atoms with van der Waals surface area (Å²) in [6, 6.07) is 5.81. The number of benzene rings is 1. The van der Waals surface area contributed by atoms with Gasteiger partial charge in [-0.2, -0.15) is 0 Å². The molecule has 0 aromatic heterocycles. The number of rotatable bonds is 3. The Morgan fingerprint density at radius 3 is 2.76 bits per heavy atom. The van der Waals surface area contributed by atoms with Crippen LogP contribution in [0.2, 0.25) is 10.0 Å². The van der Waals surface area contributed by atoms with Crippen molar-refractivity contribution in [2.24, 2.45) is 11.7 Å². The van der Waals surface area contributed by atoms with Crippen molar-refractivity contribution in [1.82, 2.24) is 0 Å². The molecule has 1 aromatic carbocycles. The van der Waals surface area contributed by atoms with Crippen LogP contribution in [0.1, 0.15) is 18.9 Å². The van der Waals surface area contributed by atoms with E-state index < -0.39 is 0 Å². The van der Waals surface area contributed by atoms with Crippen LogP contribution in [-0.2, 0) is 11.2 Å². The minimum atomic E-state index is 0.122. The van der Waals surface area contributed by atoms with E-state index in [0.29, 0.717) is 22.1 Å². The smallest absolute Gasteiger partial charge is 0.0595 e. The Hall–Kier alpha value is -0.280. The van der Waals surface area contributed by atoms with Crippen molar-refractivity contribution in [3.63, 3.8) is 0 Å². The maximum absolute atomic E-state index is 6.21. The number of ether oxygens (including phenoxy) is 1. The summed E-state index contributed by atoms with van der Waals surface area (Å²) in [5.74, 6) is 0.444. The Morgan fingerprint density at radius 1 is 1.41 bits per heavy atom. The summed E-state index contributed by atoms with van der Waals surface area (Å²) in [7, 11) is 0. The van der Waals surface area contributed by atoms with Crippen molar-refractivity contribution in [1.29, 1.82) is 0 Å². The Labute approximate surface area is 112 Å². The van der Waals surface area contributed by atoms with Crippen LogP contribution in [0, 0.1) is 5.92 Å². The fourth-order valence-corrected chi connectivity index (χ4v) is 2.57. The monoisotopic (exact) mass is 273 g/mol. The third kappa shape index (κ3) is 3.35. The van der Waals surface area contributed by atoms with Gasteiger partial charge < -0.3 is 10.5 Å². The molecule has 1 saturated heterocycles. The largest absolute Gasteiger partial charge is 0.378 e. The average Bonchev–Trinajstić information content (AvgIpc) is 2.70. The zero-order valence-electron chi connectivity index (χ0n) is 9.83. The van der Waals surface area contributed by atoms with E-state index in [2.05, 4.69) is 6.92 Å². The highest BCUT2D eigenvalue weighted by Gasteiger charge is 2.27. The Morgan fingerprint density at radius 2 is 2.18 bits per heavy atom. The highest BCUT2D eigenvalue weighted by molar-refractivity contribution is 6.42. The lowest BCUT2D eigenvalue weighted by molar-refractivity contribution is 0.118. The topological polar surface area (TPSA) is 35.2 Å². The summed E-state index contributed by atoms with van der Waals surface area (Å²) >= 11 is 11.9. The van der Waals surface area contributed by atoms with Crippen molar-refractivity contribution in [2.75, 3.05) is 6.61 Å². The van der Waals surface area contributed by atoms with Crippen LogP contribution in [0.5, 0.6) is 0 Å². The first-order chi connectivity index (χ1) is 8.06. The molecule has 0 aliphatic carbocycles. The van der Waals surface area contributed by atoms with Crippen LogP contribution >= 0.6 is 23.2 Å². The number of hydrogen-bond acceptors (Lipinski definition) is 2. The molecule has 1 aromatic rings. The summed E-state index contributed by atoms with van der Waals surface area (Å²) in [5.41, 5.74) is 7.34. The Bertz CT molecular complexity index is 397. The molecule has 0 bridgehead atoms. The first kappa shape index (κ1) is 13.2. The van der Waals surface area contributed by atoms with Gasteiger partial charge in [0.1, 0.15) is 0 Å². The summed E-state index contributed by atoms with van der Waals surface area (Å²) in [4.78, 5) is 0. The fraction of sp³-hybridized carbons (Fsp3) is 0.538. The molecular weight excluding hydrogens is 257 g/mol. The third-order valence-electron chi connectivity index (χ3n) is 3.29. The molecule has 3 atom stereocenters. The maximum atomic E-state index is 6.21. The molecule has 0 radical (unpaired) electrons. The summed E-state index contributed by atoms with van der Waals surface area (Å²) in [6.07, 6.45) is 2.19. The van der Waals surface area contributed by atoms with E-state index in [-0.39, 0.29) is 6.04 Å². The molecule has 4 heteroatoms. The van der Waals surface area contributed by atoms with Gasteiger partial charge in [0.05, 0.1) is 22.8 Å². The summed E-state index contributed by atoms with van der Waals surface area (Å²) < 4.78 is 5.54. The average molecular weight is 274 g/mol. The van der Waals surface area contributed by atoms with Crippen LogP contribution in [0.25, 0.3) is 0 Å². The highest BCUT2D eigenvalue weighted by Crippen LogP contribution is 2.26. The highest BCUT2D eigenvalue weighted by atomic mass is 35.5. The van der Waals surface area contributed by atoms with Crippen LogP contribution in [0.15, 0.2) is 18.2 Å². The van der Waals surface area contributed by atoms with Gasteiger partial charge in [-0.15, -0.1) is 0 Å². The zero-order chi connectivity index (χ0) is 12.4. The summed E-state index contributed by atoms with van der Waals surface area (Å²) in [6.45, 7) is 2.86. The van der Waals surface area contributed by atoms with Crippen LogP contribution < -0.4 is 5.73 Å². The van der Waals surface area contributed by atoms with Crippen LogP contribution in [-0.4, -0.2) is 18.8 Å². The molecule has 0 saturated carbocycles. The second-order valence-corrected chi connectivity index (χ2v) is 5.57. The van der Waals surface area contributed by atoms with E-state index in [1.165, 1.54) is 0 Å². The lowest BCUT2D eigenvalue weighted by Crippen LogP contribution is -2.32. The molecule has 17 heavy (non-hydrogen) atoms. The molecule has 1 aliphatic heterocycles. The van der Waals surface area contributed by atoms with Crippen molar-refractivity contribution >= 4 is 23.2 Å². The maximum Gasteiger partial charge on any atom is 0.0595 e. The molecule has 3 unspecified atom stereocenters. The van der Waals surface area contributed by atoms with E-state index >= 15 is 0 Å². The minimum absolute atomic E-state index is 0.122. The van der Waals surface area contributed by atoms with Crippen molar-refractivity contribution in [3.05, 3.63) is 33.8 Å². The first-order valence-corrected chi connectivity index (χ1v) is 6.63. The predicted molar refractivity (Wildman–Crippen MR) is 71.7 cm³/mol.